The van der Waals surface area contributed by atoms with Crippen molar-refractivity contribution in [2.75, 3.05) is 5.73 Å². The standard InChI is InChI=1S/C11H9BrN4O3/c12-7-3-10(16(18)19)11(17)15(5-7)6-9-4-8(13)1-2-14-9/h1-5H,6H2,(H2,13,14). The van der Waals surface area contributed by atoms with Gasteiger partial charge in [-0.05, 0) is 28.1 Å². The van der Waals surface area contributed by atoms with Crippen molar-refractivity contribution in [2.45, 2.75) is 6.54 Å². The van der Waals surface area contributed by atoms with Crippen LogP contribution in [0.2, 0.25) is 0 Å². The second-order valence-corrected chi connectivity index (χ2v) is 4.73. The minimum Gasteiger partial charge on any atom is -0.399 e. The van der Waals surface area contributed by atoms with Crippen LogP contribution in [-0.4, -0.2) is 14.5 Å². The Morgan fingerprint density at radius 3 is 2.84 bits per heavy atom. The van der Waals surface area contributed by atoms with Gasteiger partial charge in [0, 0.05) is 28.6 Å². The molecule has 0 radical (unpaired) electrons. The first-order valence-electron chi connectivity index (χ1n) is 5.22. The molecule has 0 bridgehead atoms. The maximum atomic E-state index is 11.9. The molecule has 0 spiro atoms. The van der Waals surface area contributed by atoms with E-state index >= 15 is 0 Å². The lowest BCUT2D eigenvalue weighted by atomic mass is 10.3. The molecule has 0 aliphatic heterocycles. The first kappa shape index (κ1) is 13.2. The van der Waals surface area contributed by atoms with Crippen molar-refractivity contribution < 1.29 is 4.92 Å². The van der Waals surface area contributed by atoms with E-state index in [9.17, 15) is 14.9 Å². The third-order valence-corrected chi connectivity index (χ3v) is 2.84. The number of nitrogens with zero attached hydrogens (tertiary/aromatic N) is 3. The highest BCUT2D eigenvalue weighted by atomic mass is 79.9. The third-order valence-electron chi connectivity index (χ3n) is 2.40. The van der Waals surface area contributed by atoms with Gasteiger partial charge in [0.1, 0.15) is 0 Å². The van der Waals surface area contributed by atoms with Gasteiger partial charge in [0.05, 0.1) is 17.2 Å². The largest absolute Gasteiger partial charge is 0.399 e. The molecule has 19 heavy (non-hydrogen) atoms. The van der Waals surface area contributed by atoms with Gasteiger partial charge < -0.3 is 10.3 Å². The van der Waals surface area contributed by atoms with E-state index in [2.05, 4.69) is 20.9 Å². The van der Waals surface area contributed by atoms with E-state index in [1.54, 1.807) is 12.1 Å². The van der Waals surface area contributed by atoms with Crippen LogP contribution in [0.15, 0.2) is 39.9 Å². The van der Waals surface area contributed by atoms with Gasteiger partial charge in [-0.25, -0.2) is 0 Å². The molecule has 0 saturated carbocycles. The number of halogens is 1. The molecule has 0 atom stereocenters. The van der Waals surface area contributed by atoms with Gasteiger partial charge in [0.15, 0.2) is 0 Å². The first-order valence-corrected chi connectivity index (χ1v) is 6.01. The van der Waals surface area contributed by atoms with Crippen LogP contribution < -0.4 is 11.3 Å². The molecule has 0 unspecified atom stereocenters. The summed E-state index contributed by atoms with van der Waals surface area (Å²) >= 11 is 3.13. The van der Waals surface area contributed by atoms with E-state index < -0.39 is 16.2 Å². The number of nitrogen functional groups attached to an aromatic ring is 1. The van der Waals surface area contributed by atoms with Crippen molar-refractivity contribution in [1.82, 2.24) is 9.55 Å². The summed E-state index contributed by atoms with van der Waals surface area (Å²) in [6, 6.07) is 4.40. The minimum absolute atomic E-state index is 0.115. The average Bonchev–Trinajstić information content (AvgIpc) is 2.33. The Morgan fingerprint density at radius 2 is 2.21 bits per heavy atom. The third kappa shape index (κ3) is 2.97. The van der Waals surface area contributed by atoms with Crippen LogP contribution >= 0.6 is 15.9 Å². The minimum atomic E-state index is -0.712. The normalized spacial score (nSPS) is 10.4. The Kier molecular flexibility index (Phi) is 3.61. The van der Waals surface area contributed by atoms with E-state index in [1.165, 1.54) is 23.0 Å². The number of anilines is 1. The first-order chi connectivity index (χ1) is 8.97. The van der Waals surface area contributed by atoms with E-state index in [1.807, 2.05) is 0 Å². The van der Waals surface area contributed by atoms with E-state index in [0.29, 0.717) is 15.9 Å². The number of aromatic nitrogens is 2. The van der Waals surface area contributed by atoms with Crippen molar-refractivity contribution in [2.24, 2.45) is 0 Å². The maximum absolute atomic E-state index is 11.9. The van der Waals surface area contributed by atoms with Gasteiger partial charge in [0.25, 0.3) is 0 Å². The molecule has 0 amide bonds. The van der Waals surface area contributed by atoms with Crippen LogP contribution in [0.25, 0.3) is 0 Å². The number of nitrogens with two attached hydrogens (primary N) is 1. The molecule has 0 aromatic carbocycles. The lowest BCUT2D eigenvalue weighted by Crippen LogP contribution is -2.23. The molecule has 98 valence electrons. The molecule has 0 saturated heterocycles. The molecule has 2 heterocycles. The smallest absolute Gasteiger partial charge is 0.335 e. The summed E-state index contributed by atoms with van der Waals surface area (Å²) in [7, 11) is 0. The number of nitro groups is 1. The van der Waals surface area contributed by atoms with Gasteiger partial charge in [-0.15, -0.1) is 0 Å². The number of hydrogen-bond donors (Lipinski definition) is 1. The Labute approximate surface area is 116 Å². The number of pyridine rings is 2. The fraction of sp³-hybridized carbons (Fsp3) is 0.0909. The Bertz CT molecular complexity index is 699. The topological polar surface area (TPSA) is 104 Å². The van der Waals surface area contributed by atoms with Crippen LogP contribution in [0.1, 0.15) is 5.69 Å². The second-order valence-electron chi connectivity index (χ2n) is 3.81. The summed E-state index contributed by atoms with van der Waals surface area (Å²) in [5.41, 5.74) is 5.51. The maximum Gasteiger partial charge on any atom is 0.335 e. The summed E-state index contributed by atoms with van der Waals surface area (Å²) < 4.78 is 1.66. The molecule has 0 aliphatic rings. The van der Waals surface area contributed by atoms with Crippen molar-refractivity contribution in [1.29, 1.82) is 0 Å². The monoisotopic (exact) mass is 324 g/mol. The molecule has 7 nitrogen and oxygen atoms in total. The molecule has 0 aliphatic carbocycles. The zero-order valence-electron chi connectivity index (χ0n) is 9.62. The fourth-order valence-corrected chi connectivity index (χ4v) is 2.05. The van der Waals surface area contributed by atoms with Crippen LogP contribution in [0.4, 0.5) is 11.4 Å². The molecule has 2 aromatic rings. The lowest BCUT2D eigenvalue weighted by molar-refractivity contribution is -0.386. The molecule has 0 fully saturated rings. The van der Waals surface area contributed by atoms with Gasteiger partial charge in [-0.2, -0.15) is 0 Å². The van der Waals surface area contributed by atoms with Crippen LogP contribution in [0.3, 0.4) is 0 Å². The van der Waals surface area contributed by atoms with Crippen molar-refractivity contribution in [3.05, 3.63) is 61.2 Å². The van der Waals surface area contributed by atoms with Gasteiger partial charge in [-0.1, -0.05) is 0 Å². The average molecular weight is 325 g/mol. The lowest BCUT2D eigenvalue weighted by Gasteiger charge is -2.06. The molecular weight excluding hydrogens is 316 g/mol. The highest BCUT2D eigenvalue weighted by molar-refractivity contribution is 9.10. The highest BCUT2D eigenvalue weighted by Crippen LogP contribution is 2.14. The number of rotatable bonds is 3. The molecular formula is C11H9BrN4O3. The van der Waals surface area contributed by atoms with E-state index in [0.717, 1.165) is 0 Å². The Morgan fingerprint density at radius 1 is 1.47 bits per heavy atom. The van der Waals surface area contributed by atoms with Crippen molar-refractivity contribution in [3.8, 4) is 0 Å². The van der Waals surface area contributed by atoms with Crippen LogP contribution in [-0.2, 0) is 6.54 Å². The fourth-order valence-electron chi connectivity index (χ4n) is 1.59. The number of hydrogen-bond acceptors (Lipinski definition) is 5. The molecule has 8 heteroatoms. The zero-order chi connectivity index (χ0) is 14.0. The molecule has 2 N–H and O–H groups in total. The summed E-state index contributed by atoms with van der Waals surface area (Å²) in [6.45, 7) is 0.115. The van der Waals surface area contributed by atoms with Gasteiger partial charge >= 0.3 is 11.2 Å². The Balaban J connectivity index is 2.46. The molecule has 2 rings (SSSR count). The summed E-state index contributed by atoms with van der Waals surface area (Å²) in [4.78, 5) is 26.0. The van der Waals surface area contributed by atoms with Crippen molar-refractivity contribution >= 4 is 27.3 Å². The van der Waals surface area contributed by atoms with Crippen molar-refractivity contribution in [3.63, 3.8) is 0 Å². The zero-order valence-corrected chi connectivity index (χ0v) is 11.2. The van der Waals surface area contributed by atoms with Gasteiger partial charge in [-0.3, -0.25) is 19.9 Å². The van der Waals surface area contributed by atoms with E-state index in [4.69, 9.17) is 5.73 Å². The quantitative estimate of drug-likeness (QED) is 0.681. The molecule has 2 aromatic heterocycles. The highest BCUT2D eigenvalue weighted by Gasteiger charge is 2.16. The SMILES string of the molecule is Nc1ccnc(Cn2cc(Br)cc([N+](=O)[O-])c2=O)c1. The Hall–Kier alpha value is -2.22. The summed E-state index contributed by atoms with van der Waals surface area (Å²) in [5.74, 6) is 0. The summed E-state index contributed by atoms with van der Waals surface area (Å²) in [5, 5.41) is 10.8. The van der Waals surface area contributed by atoms with E-state index in [-0.39, 0.29) is 6.54 Å². The van der Waals surface area contributed by atoms with Crippen LogP contribution in [0.5, 0.6) is 0 Å². The summed E-state index contributed by atoms with van der Waals surface area (Å²) in [6.07, 6.45) is 2.99. The predicted molar refractivity (Wildman–Crippen MR) is 72.8 cm³/mol. The predicted octanol–water partition coefficient (Wildman–Crippen LogP) is 1.54. The van der Waals surface area contributed by atoms with Gasteiger partial charge in [0.2, 0.25) is 0 Å². The van der Waals surface area contributed by atoms with Crippen LogP contribution in [0, 0.1) is 10.1 Å². The second kappa shape index (κ2) is 5.19.